The first-order valence-electron chi connectivity index (χ1n) is 10.6. The number of fused-ring (bicyclic) bond motifs is 5. The van der Waals surface area contributed by atoms with E-state index in [1.54, 1.807) is 6.92 Å². The summed E-state index contributed by atoms with van der Waals surface area (Å²) in [6.07, 6.45) is 12.3. The molecule has 0 aromatic rings. The van der Waals surface area contributed by atoms with Gasteiger partial charge in [0.1, 0.15) is 0 Å². The third-order valence-corrected chi connectivity index (χ3v) is 8.59. The summed E-state index contributed by atoms with van der Waals surface area (Å²) in [6.45, 7) is 6.48. The van der Waals surface area contributed by atoms with Gasteiger partial charge in [-0.15, -0.1) is 0 Å². The van der Waals surface area contributed by atoms with Crippen molar-refractivity contribution in [2.24, 2.45) is 28.6 Å². The van der Waals surface area contributed by atoms with Crippen molar-refractivity contribution in [1.82, 2.24) is 5.32 Å². The van der Waals surface area contributed by atoms with Crippen LogP contribution in [0.1, 0.15) is 65.7 Å². The van der Waals surface area contributed by atoms with E-state index < -0.39 is 0 Å². The topological polar surface area (TPSA) is 55.4 Å². The summed E-state index contributed by atoms with van der Waals surface area (Å²) < 4.78 is 4.95. The second-order valence-electron chi connectivity index (χ2n) is 9.73. The predicted octanol–water partition coefficient (Wildman–Crippen LogP) is 4.16. The number of carbonyl (C=O) groups excluding carboxylic acids is 2. The van der Waals surface area contributed by atoms with Gasteiger partial charge in [0.15, 0.2) is 0 Å². The molecule has 1 amide bonds. The van der Waals surface area contributed by atoms with Crippen LogP contribution in [0.3, 0.4) is 0 Å². The number of amides is 1. The Kier molecular flexibility index (Phi) is 4.51. The fourth-order valence-corrected chi connectivity index (χ4v) is 7.10. The molecule has 0 aromatic carbocycles. The Morgan fingerprint density at radius 1 is 1.15 bits per heavy atom. The fourth-order valence-electron chi connectivity index (χ4n) is 7.10. The van der Waals surface area contributed by atoms with E-state index in [4.69, 9.17) is 4.74 Å². The number of nitrogens with one attached hydrogen (secondary N) is 1. The number of hydrogen-bond acceptors (Lipinski definition) is 3. The minimum atomic E-state index is -0.176. The van der Waals surface area contributed by atoms with Gasteiger partial charge in [-0.1, -0.05) is 19.9 Å². The van der Waals surface area contributed by atoms with Crippen molar-refractivity contribution in [3.05, 3.63) is 23.3 Å². The molecule has 0 aliphatic heterocycles. The van der Waals surface area contributed by atoms with Crippen LogP contribution in [0.15, 0.2) is 23.3 Å². The van der Waals surface area contributed by atoms with Gasteiger partial charge in [0.05, 0.1) is 7.11 Å². The van der Waals surface area contributed by atoms with Crippen LogP contribution in [0, 0.1) is 28.6 Å². The van der Waals surface area contributed by atoms with Crippen LogP contribution in [-0.2, 0) is 14.3 Å². The Hall–Kier alpha value is -1.58. The molecule has 27 heavy (non-hydrogen) atoms. The molecule has 148 valence electrons. The van der Waals surface area contributed by atoms with Gasteiger partial charge in [0.25, 0.3) is 0 Å². The number of allylic oxidation sites excluding steroid dienone is 3. The number of hydrogen-bond donors (Lipinski definition) is 1. The van der Waals surface area contributed by atoms with Crippen LogP contribution < -0.4 is 5.32 Å². The molecular formula is C23H33NO3. The van der Waals surface area contributed by atoms with Crippen LogP contribution in [-0.4, -0.2) is 25.0 Å². The third-order valence-electron chi connectivity index (χ3n) is 8.59. The summed E-state index contributed by atoms with van der Waals surface area (Å²) in [4.78, 5) is 23.7. The highest BCUT2D eigenvalue weighted by Gasteiger charge is 2.58. The molecule has 0 aromatic heterocycles. The predicted molar refractivity (Wildman–Crippen MR) is 105 cm³/mol. The highest BCUT2D eigenvalue weighted by molar-refractivity contribution is 5.89. The van der Waals surface area contributed by atoms with Gasteiger partial charge in [-0.3, -0.25) is 4.79 Å². The quantitative estimate of drug-likeness (QED) is 0.742. The van der Waals surface area contributed by atoms with Crippen molar-refractivity contribution in [3.63, 3.8) is 0 Å². The number of esters is 1. The van der Waals surface area contributed by atoms with Gasteiger partial charge in [-0.2, -0.15) is 0 Å². The molecule has 4 rings (SSSR count). The second kappa shape index (κ2) is 6.49. The Morgan fingerprint density at radius 2 is 1.93 bits per heavy atom. The minimum Gasteiger partial charge on any atom is -0.466 e. The molecular weight excluding hydrogens is 338 g/mol. The Morgan fingerprint density at radius 3 is 2.63 bits per heavy atom. The summed E-state index contributed by atoms with van der Waals surface area (Å²) in [7, 11) is 1.47. The zero-order valence-electron chi connectivity index (χ0n) is 17.1. The SMILES string of the molecule is COC(=O)C1=CC2=CC[C@H]3[C@@H]4CC[C@H](NC(C)=O)[C@@]4(C)CC[C@@H]3[C@@]2(C)CC1. The molecule has 0 radical (unpaired) electrons. The average molecular weight is 372 g/mol. The van der Waals surface area contributed by atoms with Crippen LogP contribution in [0.25, 0.3) is 0 Å². The third kappa shape index (κ3) is 2.78. The van der Waals surface area contributed by atoms with Crippen LogP contribution in [0.2, 0.25) is 0 Å². The fraction of sp³-hybridized carbons (Fsp3) is 0.739. The molecule has 4 aliphatic rings. The largest absolute Gasteiger partial charge is 0.466 e. The summed E-state index contributed by atoms with van der Waals surface area (Å²) in [5.74, 6) is 2.00. The number of ether oxygens (including phenoxy) is 1. The maximum absolute atomic E-state index is 12.0. The lowest BCUT2D eigenvalue weighted by atomic mass is 9.48. The van der Waals surface area contributed by atoms with Crippen molar-refractivity contribution in [2.75, 3.05) is 7.11 Å². The molecule has 2 fully saturated rings. The maximum atomic E-state index is 12.0. The van der Waals surface area contributed by atoms with E-state index in [9.17, 15) is 9.59 Å². The zero-order chi connectivity index (χ0) is 19.4. The van der Waals surface area contributed by atoms with E-state index in [1.165, 1.54) is 31.9 Å². The van der Waals surface area contributed by atoms with Crippen molar-refractivity contribution >= 4 is 11.9 Å². The van der Waals surface area contributed by atoms with Crippen molar-refractivity contribution in [2.45, 2.75) is 71.8 Å². The lowest BCUT2D eigenvalue weighted by molar-refractivity contribution is -0.136. The molecule has 4 nitrogen and oxygen atoms in total. The van der Waals surface area contributed by atoms with Crippen molar-refractivity contribution in [1.29, 1.82) is 0 Å². The first-order valence-corrected chi connectivity index (χ1v) is 10.6. The molecule has 4 heteroatoms. The molecule has 0 heterocycles. The summed E-state index contributed by atoms with van der Waals surface area (Å²) >= 11 is 0. The van der Waals surface area contributed by atoms with Gasteiger partial charge in [0, 0.05) is 18.5 Å². The van der Waals surface area contributed by atoms with Gasteiger partial charge in [-0.25, -0.2) is 4.79 Å². The van der Waals surface area contributed by atoms with Gasteiger partial charge in [-0.05, 0) is 85.2 Å². The minimum absolute atomic E-state index is 0.106. The van der Waals surface area contributed by atoms with Gasteiger partial charge in [0.2, 0.25) is 5.91 Å². The van der Waals surface area contributed by atoms with E-state index >= 15 is 0 Å². The maximum Gasteiger partial charge on any atom is 0.333 e. The normalized spacial score (nSPS) is 42.8. The van der Waals surface area contributed by atoms with Crippen LogP contribution >= 0.6 is 0 Å². The molecule has 1 N–H and O–H groups in total. The van der Waals surface area contributed by atoms with Crippen molar-refractivity contribution < 1.29 is 14.3 Å². The molecule has 2 saturated carbocycles. The van der Waals surface area contributed by atoms with E-state index in [0.717, 1.165) is 31.3 Å². The van der Waals surface area contributed by atoms with E-state index in [2.05, 4.69) is 31.3 Å². The summed E-state index contributed by atoms with van der Waals surface area (Å²) in [5, 5.41) is 3.25. The number of carbonyl (C=O) groups is 2. The first-order chi connectivity index (χ1) is 12.8. The number of rotatable bonds is 2. The first kappa shape index (κ1) is 18.8. The van der Waals surface area contributed by atoms with Gasteiger partial charge >= 0.3 is 5.97 Å². The Bertz CT molecular complexity index is 723. The second-order valence-corrected chi connectivity index (χ2v) is 9.73. The monoisotopic (exact) mass is 371 g/mol. The van der Waals surface area contributed by atoms with Crippen molar-refractivity contribution in [3.8, 4) is 0 Å². The van der Waals surface area contributed by atoms with E-state index in [-0.39, 0.29) is 22.7 Å². The molecule has 4 aliphatic carbocycles. The lowest BCUT2D eigenvalue weighted by Crippen LogP contribution is -2.53. The molecule has 6 atom stereocenters. The summed E-state index contributed by atoms with van der Waals surface area (Å²) in [5.41, 5.74) is 2.59. The lowest BCUT2D eigenvalue weighted by Gasteiger charge is -2.57. The van der Waals surface area contributed by atoms with E-state index in [1.807, 2.05) is 0 Å². The van der Waals surface area contributed by atoms with Crippen LogP contribution in [0.5, 0.6) is 0 Å². The molecule has 0 spiro atoms. The Balaban J connectivity index is 1.62. The number of methoxy groups -OCH3 is 1. The highest BCUT2D eigenvalue weighted by Crippen LogP contribution is 2.64. The zero-order valence-corrected chi connectivity index (χ0v) is 17.1. The highest BCUT2D eigenvalue weighted by atomic mass is 16.5. The van der Waals surface area contributed by atoms with E-state index in [0.29, 0.717) is 23.8 Å². The standard InChI is InChI=1S/C23H33NO3/c1-14(25)24-20-8-7-18-17-6-5-16-13-15(21(26)27-4)9-11-22(16,2)19(17)10-12-23(18,20)3/h5,13,17-20H,6-12H2,1-4H3,(H,24,25)/t17-,18-,19-,20-,22-,23-/m0/s1. The Labute approximate surface area is 162 Å². The molecule has 0 unspecified atom stereocenters. The smallest absolute Gasteiger partial charge is 0.333 e. The molecule has 0 saturated heterocycles. The average Bonchev–Trinajstić information content (AvgIpc) is 2.96. The molecule has 0 bridgehead atoms. The summed E-state index contributed by atoms with van der Waals surface area (Å²) in [6, 6.07) is 0.330. The van der Waals surface area contributed by atoms with Gasteiger partial charge < -0.3 is 10.1 Å². The van der Waals surface area contributed by atoms with Crippen LogP contribution in [0.4, 0.5) is 0 Å².